The van der Waals surface area contributed by atoms with Gasteiger partial charge in [-0.05, 0) is 49.9 Å². The van der Waals surface area contributed by atoms with Crippen LogP contribution < -0.4 is 5.73 Å². The summed E-state index contributed by atoms with van der Waals surface area (Å²) >= 11 is 0. The van der Waals surface area contributed by atoms with Crippen molar-refractivity contribution in [3.05, 3.63) is 47.8 Å². The summed E-state index contributed by atoms with van der Waals surface area (Å²) in [6.45, 7) is 2.33. The topological polar surface area (TPSA) is 89.2 Å². The molecule has 1 fully saturated rings. The highest BCUT2D eigenvalue weighted by Gasteiger charge is 2.43. The Morgan fingerprint density at radius 2 is 2.00 bits per heavy atom. The zero-order valence-corrected chi connectivity index (χ0v) is 15.6. The van der Waals surface area contributed by atoms with Crippen molar-refractivity contribution < 1.29 is 8.42 Å². The number of benzene rings is 1. The van der Waals surface area contributed by atoms with E-state index < -0.39 is 9.84 Å². The third kappa shape index (κ3) is 3.21. The van der Waals surface area contributed by atoms with Gasteiger partial charge >= 0.3 is 0 Å². The van der Waals surface area contributed by atoms with Crippen LogP contribution >= 0.6 is 0 Å². The Morgan fingerprint density at radius 1 is 1.19 bits per heavy atom. The maximum Gasteiger partial charge on any atom is 0.220 e. The highest BCUT2D eigenvalue weighted by Crippen LogP contribution is 2.43. The van der Waals surface area contributed by atoms with Crippen LogP contribution in [0.25, 0.3) is 0 Å². The summed E-state index contributed by atoms with van der Waals surface area (Å²) in [5.41, 5.74) is 8.10. The van der Waals surface area contributed by atoms with E-state index in [9.17, 15) is 8.42 Å². The molecule has 7 heteroatoms. The number of likely N-dealkylation sites (tertiary alicyclic amines) is 1. The predicted octanol–water partition coefficient (Wildman–Crippen LogP) is 1.81. The van der Waals surface area contributed by atoms with Crippen LogP contribution in [-0.2, 0) is 21.7 Å². The standard InChI is InChI=1S/C19H24N4O2S/c20-18-21-13-15-7-9-19(17(15)22-18)8-4-10-23(14-19)11-12-26(24,25)16-5-2-1-3-6-16/h1-3,5-6,13H,4,7-12,14H2,(H2,20,21,22). The molecule has 2 aliphatic rings. The molecule has 1 aromatic heterocycles. The summed E-state index contributed by atoms with van der Waals surface area (Å²) in [5, 5.41) is 0. The monoisotopic (exact) mass is 372 g/mol. The van der Waals surface area contributed by atoms with E-state index >= 15 is 0 Å². The van der Waals surface area contributed by atoms with Crippen LogP contribution in [0.1, 0.15) is 30.5 Å². The van der Waals surface area contributed by atoms with Gasteiger partial charge in [-0.3, -0.25) is 0 Å². The first-order valence-electron chi connectivity index (χ1n) is 9.11. The maximum atomic E-state index is 12.6. The molecule has 0 amide bonds. The number of piperidine rings is 1. The van der Waals surface area contributed by atoms with E-state index in [1.807, 2.05) is 12.3 Å². The molecular weight excluding hydrogens is 348 g/mol. The summed E-state index contributed by atoms with van der Waals surface area (Å²) in [5.74, 6) is 0.472. The van der Waals surface area contributed by atoms with Gasteiger partial charge in [-0.25, -0.2) is 18.4 Å². The third-order valence-corrected chi connectivity index (χ3v) is 7.40. The molecule has 2 N–H and O–H groups in total. The summed E-state index contributed by atoms with van der Waals surface area (Å²) in [4.78, 5) is 11.3. The van der Waals surface area contributed by atoms with Crippen molar-refractivity contribution in [2.45, 2.75) is 36.0 Å². The average molecular weight is 372 g/mol. The minimum atomic E-state index is -3.25. The Labute approximate surface area is 154 Å². The van der Waals surface area contributed by atoms with Crippen LogP contribution in [0.15, 0.2) is 41.4 Å². The summed E-state index contributed by atoms with van der Waals surface area (Å²) < 4.78 is 25.1. The van der Waals surface area contributed by atoms with Crippen LogP contribution in [0.4, 0.5) is 5.95 Å². The Bertz CT molecular complexity index is 897. The van der Waals surface area contributed by atoms with Gasteiger partial charge < -0.3 is 10.6 Å². The van der Waals surface area contributed by atoms with Gasteiger partial charge in [-0.1, -0.05) is 18.2 Å². The fraction of sp³-hybridized carbons (Fsp3) is 0.474. The Kier molecular flexibility index (Phi) is 4.44. The number of nitrogens with zero attached hydrogens (tertiary/aromatic N) is 3. The van der Waals surface area contributed by atoms with E-state index in [4.69, 9.17) is 5.73 Å². The minimum Gasteiger partial charge on any atom is -0.368 e. The van der Waals surface area contributed by atoms with Gasteiger partial charge in [0.2, 0.25) is 5.95 Å². The third-order valence-electron chi connectivity index (χ3n) is 5.69. The molecule has 1 saturated heterocycles. The van der Waals surface area contributed by atoms with Gasteiger partial charge in [-0.15, -0.1) is 0 Å². The van der Waals surface area contributed by atoms with Crippen molar-refractivity contribution in [3.63, 3.8) is 0 Å². The number of rotatable bonds is 4. The Hall–Kier alpha value is -1.99. The lowest BCUT2D eigenvalue weighted by molar-refractivity contribution is 0.150. The second-order valence-electron chi connectivity index (χ2n) is 7.39. The highest BCUT2D eigenvalue weighted by atomic mass is 32.2. The first-order valence-corrected chi connectivity index (χ1v) is 10.8. The number of aromatic nitrogens is 2. The molecule has 1 atom stereocenters. The summed E-state index contributed by atoms with van der Waals surface area (Å²) in [7, 11) is -3.25. The van der Waals surface area contributed by atoms with Crippen LogP contribution in [0, 0.1) is 0 Å². The lowest BCUT2D eigenvalue weighted by Crippen LogP contribution is -2.46. The van der Waals surface area contributed by atoms with Gasteiger partial charge in [0.15, 0.2) is 9.84 Å². The summed E-state index contributed by atoms with van der Waals surface area (Å²) in [6, 6.07) is 8.70. The van der Waals surface area contributed by atoms with Crippen LogP contribution in [0.3, 0.4) is 0 Å². The number of sulfone groups is 1. The number of aryl methyl sites for hydroxylation is 1. The lowest BCUT2D eigenvalue weighted by atomic mass is 9.77. The molecule has 1 aromatic carbocycles. The molecule has 2 heterocycles. The maximum absolute atomic E-state index is 12.6. The first-order chi connectivity index (χ1) is 12.5. The van der Waals surface area contributed by atoms with Crippen molar-refractivity contribution >= 4 is 15.8 Å². The van der Waals surface area contributed by atoms with Gasteiger partial charge in [0.1, 0.15) is 0 Å². The highest BCUT2D eigenvalue weighted by molar-refractivity contribution is 7.91. The van der Waals surface area contributed by atoms with Gasteiger partial charge in [0.25, 0.3) is 0 Å². The van der Waals surface area contributed by atoms with E-state index in [0.717, 1.165) is 44.5 Å². The second kappa shape index (κ2) is 6.63. The Balaban J connectivity index is 1.48. The molecule has 1 unspecified atom stereocenters. The quantitative estimate of drug-likeness (QED) is 0.880. The average Bonchev–Trinajstić information content (AvgIpc) is 2.98. The molecule has 26 heavy (non-hydrogen) atoms. The minimum absolute atomic E-state index is 0.00114. The number of hydrogen-bond acceptors (Lipinski definition) is 6. The van der Waals surface area contributed by atoms with Crippen molar-refractivity contribution in [2.75, 3.05) is 31.1 Å². The van der Waals surface area contributed by atoms with Crippen LogP contribution in [0.5, 0.6) is 0 Å². The number of nitrogen functional groups attached to an aromatic ring is 1. The molecule has 4 rings (SSSR count). The molecular formula is C19H24N4O2S. The van der Waals surface area contributed by atoms with Crippen molar-refractivity contribution in [1.29, 1.82) is 0 Å². The van der Waals surface area contributed by atoms with E-state index in [-0.39, 0.29) is 11.2 Å². The first kappa shape index (κ1) is 17.4. The predicted molar refractivity (Wildman–Crippen MR) is 101 cm³/mol. The second-order valence-corrected chi connectivity index (χ2v) is 9.50. The lowest BCUT2D eigenvalue weighted by Gasteiger charge is -2.40. The molecule has 6 nitrogen and oxygen atoms in total. The van der Waals surface area contributed by atoms with Crippen LogP contribution in [0.2, 0.25) is 0 Å². The zero-order valence-electron chi connectivity index (χ0n) is 14.8. The van der Waals surface area contributed by atoms with E-state index in [1.165, 1.54) is 5.56 Å². The Morgan fingerprint density at radius 3 is 2.81 bits per heavy atom. The molecule has 138 valence electrons. The van der Waals surface area contributed by atoms with Crippen LogP contribution in [-0.4, -0.2) is 48.7 Å². The number of fused-ring (bicyclic) bond motifs is 2. The largest absolute Gasteiger partial charge is 0.368 e. The number of hydrogen-bond donors (Lipinski definition) is 1. The summed E-state index contributed by atoms with van der Waals surface area (Å²) in [6.07, 6.45) is 6.01. The van der Waals surface area contributed by atoms with Crippen molar-refractivity contribution in [1.82, 2.24) is 14.9 Å². The smallest absolute Gasteiger partial charge is 0.220 e. The van der Waals surface area contributed by atoms with Gasteiger partial charge in [0.05, 0.1) is 16.3 Å². The number of anilines is 1. The van der Waals surface area contributed by atoms with E-state index in [0.29, 0.717) is 17.4 Å². The van der Waals surface area contributed by atoms with Gasteiger partial charge in [-0.2, -0.15) is 0 Å². The van der Waals surface area contributed by atoms with Gasteiger partial charge in [0, 0.05) is 24.7 Å². The molecule has 0 bridgehead atoms. The van der Waals surface area contributed by atoms with Crippen molar-refractivity contribution in [3.8, 4) is 0 Å². The number of nitrogens with two attached hydrogens (primary N) is 1. The SMILES string of the molecule is Nc1ncc2c(n1)C1(CCCN(CCS(=O)(=O)c3ccccc3)C1)CC2. The molecule has 0 saturated carbocycles. The normalized spacial score (nSPS) is 23.2. The van der Waals surface area contributed by atoms with E-state index in [1.54, 1.807) is 24.3 Å². The molecule has 1 spiro atoms. The van der Waals surface area contributed by atoms with E-state index in [2.05, 4.69) is 14.9 Å². The van der Waals surface area contributed by atoms with Crippen molar-refractivity contribution in [2.24, 2.45) is 0 Å². The molecule has 1 aliphatic carbocycles. The molecule has 0 radical (unpaired) electrons. The zero-order chi connectivity index (χ0) is 18.2. The molecule has 1 aliphatic heterocycles. The fourth-order valence-electron chi connectivity index (χ4n) is 4.37. The molecule has 2 aromatic rings. The fourth-order valence-corrected chi connectivity index (χ4v) is 5.67.